The van der Waals surface area contributed by atoms with E-state index in [1.165, 1.54) is 11.8 Å². The highest BCUT2D eigenvalue weighted by atomic mass is 14.6. The summed E-state index contributed by atoms with van der Waals surface area (Å²) in [6.45, 7) is 7.16. The van der Waals surface area contributed by atoms with Gasteiger partial charge in [0.1, 0.15) is 0 Å². The second-order valence-corrected chi connectivity index (χ2v) is 4.66. The molecule has 0 nitrogen and oxygen atoms in total. The highest BCUT2D eigenvalue weighted by Gasteiger charge is 2.54. The Morgan fingerprint density at radius 3 is 2.10 bits per heavy atom. The molecule has 10 heavy (non-hydrogen) atoms. The Morgan fingerprint density at radius 1 is 1.10 bits per heavy atom. The molecule has 0 bridgehead atoms. The average molecular weight is 138 g/mol. The molecule has 0 N–H and O–H groups in total. The van der Waals surface area contributed by atoms with Crippen molar-refractivity contribution in [3.63, 3.8) is 0 Å². The van der Waals surface area contributed by atoms with Crippen LogP contribution >= 0.6 is 0 Å². The molecule has 4 unspecified atom stereocenters. The summed E-state index contributed by atoms with van der Waals surface area (Å²) in [7, 11) is 0. The Hall–Kier alpha value is 0. The molecule has 2 rings (SSSR count). The summed E-state index contributed by atoms with van der Waals surface area (Å²) in [4.78, 5) is 0. The zero-order valence-corrected chi connectivity index (χ0v) is 7.30. The standard InChI is InChI=1S/C10H18/c1-6(2)7(3)9-4-8-5-10(8)9/h6-10H,4-5H2,1-3H3. The number of fused-ring (bicyclic) bond motifs is 1. The summed E-state index contributed by atoms with van der Waals surface area (Å²) in [6.07, 6.45) is 3.13. The SMILES string of the molecule is CC(C)C(C)C1CC2CC21. The zero-order chi connectivity index (χ0) is 7.30. The summed E-state index contributed by atoms with van der Waals surface area (Å²) >= 11 is 0. The molecule has 2 aliphatic rings. The fourth-order valence-corrected chi connectivity index (χ4v) is 2.49. The van der Waals surface area contributed by atoms with Crippen LogP contribution in [0, 0.1) is 29.6 Å². The third-order valence-corrected chi connectivity index (χ3v) is 3.83. The van der Waals surface area contributed by atoms with Gasteiger partial charge in [0.25, 0.3) is 0 Å². The van der Waals surface area contributed by atoms with Gasteiger partial charge in [-0.25, -0.2) is 0 Å². The first-order chi connectivity index (χ1) is 4.70. The molecule has 0 saturated heterocycles. The second-order valence-electron chi connectivity index (χ2n) is 4.66. The van der Waals surface area contributed by atoms with E-state index in [-0.39, 0.29) is 0 Å². The smallest absolute Gasteiger partial charge is 0.0352 e. The van der Waals surface area contributed by atoms with Crippen molar-refractivity contribution < 1.29 is 0 Å². The highest BCUT2D eigenvalue weighted by Crippen LogP contribution is 2.62. The molecule has 2 saturated carbocycles. The Kier molecular flexibility index (Phi) is 1.33. The van der Waals surface area contributed by atoms with Crippen molar-refractivity contribution in [1.29, 1.82) is 0 Å². The van der Waals surface area contributed by atoms with Crippen molar-refractivity contribution in [2.45, 2.75) is 33.6 Å². The molecule has 2 aliphatic carbocycles. The van der Waals surface area contributed by atoms with Crippen LogP contribution in [0.15, 0.2) is 0 Å². The van der Waals surface area contributed by atoms with Crippen molar-refractivity contribution in [2.24, 2.45) is 29.6 Å². The topological polar surface area (TPSA) is 0 Å². The van der Waals surface area contributed by atoms with E-state index in [4.69, 9.17) is 0 Å². The van der Waals surface area contributed by atoms with Crippen molar-refractivity contribution >= 4 is 0 Å². The first-order valence-corrected chi connectivity index (χ1v) is 4.70. The minimum atomic E-state index is 0.909. The van der Waals surface area contributed by atoms with Gasteiger partial charge in [0.15, 0.2) is 0 Å². The van der Waals surface area contributed by atoms with Gasteiger partial charge in [-0.3, -0.25) is 0 Å². The fraction of sp³-hybridized carbons (Fsp3) is 1.00. The lowest BCUT2D eigenvalue weighted by atomic mass is 9.72. The maximum Gasteiger partial charge on any atom is -0.0352 e. The maximum absolute atomic E-state index is 2.43. The normalized spacial score (nSPS) is 46.2. The largest absolute Gasteiger partial charge is 0.0625 e. The van der Waals surface area contributed by atoms with E-state index in [1.807, 2.05) is 0 Å². The van der Waals surface area contributed by atoms with Gasteiger partial charge in [-0.05, 0) is 42.4 Å². The molecule has 0 aromatic carbocycles. The third-order valence-electron chi connectivity index (χ3n) is 3.83. The molecule has 0 aliphatic heterocycles. The van der Waals surface area contributed by atoms with Gasteiger partial charge in [-0.15, -0.1) is 0 Å². The first kappa shape index (κ1) is 6.69. The van der Waals surface area contributed by atoms with Crippen LogP contribution < -0.4 is 0 Å². The third kappa shape index (κ3) is 0.810. The van der Waals surface area contributed by atoms with E-state index < -0.39 is 0 Å². The van der Waals surface area contributed by atoms with Crippen LogP contribution in [-0.2, 0) is 0 Å². The predicted molar refractivity (Wildman–Crippen MR) is 43.7 cm³/mol. The monoisotopic (exact) mass is 138 g/mol. The fourth-order valence-electron chi connectivity index (χ4n) is 2.49. The van der Waals surface area contributed by atoms with Gasteiger partial charge in [0, 0.05) is 0 Å². The minimum absolute atomic E-state index is 0.909. The van der Waals surface area contributed by atoms with Crippen molar-refractivity contribution in [1.82, 2.24) is 0 Å². The van der Waals surface area contributed by atoms with Crippen LogP contribution in [0.4, 0.5) is 0 Å². The van der Waals surface area contributed by atoms with Gasteiger partial charge >= 0.3 is 0 Å². The van der Waals surface area contributed by atoms with E-state index in [9.17, 15) is 0 Å². The highest BCUT2D eigenvalue weighted by molar-refractivity contribution is 5.04. The average Bonchev–Trinajstić information content (AvgIpc) is 2.42. The van der Waals surface area contributed by atoms with Crippen molar-refractivity contribution in [3.8, 4) is 0 Å². The molecule has 2 fully saturated rings. The lowest BCUT2D eigenvalue weighted by Gasteiger charge is -2.33. The molecule has 0 radical (unpaired) electrons. The minimum Gasteiger partial charge on any atom is -0.0625 e. The van der Waals surface area contributed by atoms with Gasteiger partial charge in [0.2, 0.25) is 0 Å². The summed E-state index contributed by atoms with van der Waals surface area (Å²) < 4.78 is 0. The van der Waals surface area contributed by atoms with Crippen LogP contribution in [0.2, 0.25) is 0 Å². The van der Waals surface area contributed by atoms with E-state index in [0.29, 0.717) is 0 Å². The maximum atomic E-state index is 2.43. The molecular formula is C10H18. The Morgan fingerprint density at radius 2 is 1.80 bits per heavy atom. The zero-order valence-electron chi connectivity index (χ0n) is 7.30. The van der Waals surface area contributed by atoms with Crippen molar-refractivity contribution in [3.05, 3.63) is 0 Å². The van der Waals surface area contributed by atoms with E-state index >= 15 is 0 Å². The number of rotatable bonds is 2. The molecule has 0 spiro atoms. The Bertz CT molecular complexity index is 135. The summed E-state index contributed by atoms with van der Waals surface area (Å²) in [6, 6.07) is 0. The lowest BCUT2D eigenvalue weighted by molar-refractivity contribution is 0.159. The van der Waals surface area contributed by atoms with Gasteiger partial charge in [-0.2, -0.15) is 0 Å². The quantitative estimate of drug-likeness (QED) is 0.550. The molecule has 58 valence electrons. The number of hydrogen-bond donors (Lipinski definition) is 0. The van der Waals surface area contributed by atoms with Gasteiger partial charge < -0.3 is 0 Å². The Labute approximate surface area is 64.0 Å². The summed E-state index contributed by atoms with van der Waals surface area (Å²) in [5.41, 5.74) is 0. The molecule has 0 aromatic heterocycles. The predicted octanol–water partition coefficient (Wildman–Crippen LogP) is 2.93. The van der Waals surface area contributed by atoms with Gasteiger partial charge in [-0.1, -0.05) is 20.8 Å². The molecule has 0 heterocycles. The first-order valence-electron chi connectivity index (χ1n) is 4.70. The van der Waals surface area contributed by atoms with Crippen LogP contribution in [0.3, 0.4) is 0 Å². The molecule has 0 heteroatoms. The van der Waals surface area contributed by atoms with Crippen LogP contribution in [0.5, 0.6) is 0 Å². The summed E-state index contributed by atoms with van der Waals surface area (Å²) in [5, 5.41) is 0. The molecular weight excluding hydrogens is 120 g/mol. The molecule has 0 aromatic rings. The van der Waals surface area contributed by atoms with Crippen LogP contribution in [0.25, 0.3) is 0 Å². The van der Waals surface area contributed by atoms with E-state index in [0.717, 1.165) is 17.8 Å². The molecule has 0 amide bonds. The lowest BCUT2D eigenvalue weighted by Crippen LogP contribution is -2.26. The summed E-state index contributed by atoms with van der Waals surface area (Å²) in [5.74, 6) is 5.38. The van der Waals surface area contributed by atoms with Crippen LogP contribution in [0.1, 0.15) is 33.6 Å². The van der Waals surface area contributed by atoms with Gasteiger partial charge in [0.05, 0.1) is 0 Å². The van der Waals surface area contributed by atoms with Crippen LogP contribution in [-0.4, -0.2) is 0 Å². The molecule has 4 atom stereocenters. The Balaban J connectivity index is 1.87. The second kappa shape index (κ2) is 1.99. The van der Waals surface area contributed by atoms with E-state index in [2.05, 4.69) is 20.8 Å². The van der Waals surface area contributed by atoms with E-state index in [1.54, 1.807) is 12.8 Å². The van der Waals surface area contributed by atoms with Crippen molar-refractivity contribution in [2.75, 3.05) is 0 Å². The number of hydrogen-bond acceptors (Lipinski definition) is 0.